The van der Waals surface area contributed by atoms with Crippen LogP contribution in [0.5, 0.6) is 0 Å². The Morgan fingerprint density at radius 1 is 1.43 bits per heavy atom. The zero-order chi connectivity index (χ0) is 10.6. The van der Waals surface area contributed by atoms with E-state index in [1.54, 1.807) is 0 Å². The van der Waals surface area contributed by atoms with Crippen LogP contribution in [0, 0.1) is 13.8 Å². The van der Waals surface area contributed by atoms with Crippen LogP contribution in [-0.4, -0.2) is 17.7 Å². The number of hydrogen-bond acceptors (Lipinski definition) is 1. The molecule has 14 heavy (non-hydrogen) atoms. The molecule has 2 N–H and O–H groups in total. The minimum atomic E-state index is -0.963. The van der Waals surface area contributed by atoms with E-state index < -0.39 is 6.09 Å². The van der Waals surface area contributed by atoms with Crippen LogP contribution in [0.2, 0.25) is 0 Å². The number of benzene rings is 1. The molecule has 0 fully saturated rings. The topological polar surface area (TPSA) is 49.3 Å². The van der Waals surface area contributed by atoms with Crippen molar-refractivity contribution in [1.82, 2.24) is 5.32 Å². The predicted octanol–water partition coefficient (Wildman–Crippen LogP) is 2.11. The summed E-state index contributed by atoms with van der Waals surface area (Å²) >= 11 is 0. The summed E-state index contributed by atoms with van der Waals surface area (Å²) in [6.07, 6.45) is -0.213. The summed E-state index contributed by atoms with van der Waals surface area (Å²) < 4.78 is 0. The molecular weight excluding hydrogens is 178 g/mol. The minimum absolute atomic E-state index is 0.472. The van der Waals surface area contributed by atoms with Gasteiger partial charge in [0.2, 0.25) is 0 Å². The van der Waals surface area contributed by atoms with E-state index in [4.69, 9.17) is 5.11 Å². The molecule has 1 amide bonds. The highest BCUT2D eigenvalue weighted by molar-refractivity contribution is 5.64. The van der Waals surface area contributed by atoms with Gasteiger partial charge >= 0.3 is 6.09 Å². The average Bonchev–Trinajstić information content (AvgIpc) is 2.12. The largest absolute Gasteiger partial charge is 0.465 e. The van der Waals surface area contributed by atoms with Crippen molar-refractivity contribution in [3.8, 4) is 0 Å². The molecule has 0 unspecified atom stereocenters. The van der Waals surface area contributed by atoms with Crippen molar-refractivity contribution < 1.29 is 9.90 Å². The molecule has 0 bridgehead atoms. The molecule has 0 aliphatic heterocycles. The molecule has 0 atom stereocenters. The molecule has 0 heterocycles. The van der Waals surface area contributed by atoms with Crippen LogP contribution in [-0.2, 0) is 6.42 Å². The van der Waals surface area contributed by atoms with Gasteiger partial charge in [0.25, 0.3) is 0 Å². The third kappa shape index (κ3) is 2.76. The fourth-order valence-corrected chi connectivity index (χ4v) is 1.39. The summed E-state index contributed by atoms with van der Waals surface area (Å²) in [7, 11) is 0. The second-order valence-electron chi connectivity index (χ2n) is 3.34. The molecule has 0 spiro atoms. The standard InChI is InChI=1S/C11H15NO2/c1-8-4-3-5-10(9(8)2)6-7-12-11(13)14/h3-5,12H,6-7H2,1-2H3,(H,13,14). The lowest BCUT2D eigenvalue weighted by Gasteiger charge is -2.07. The van der Waals surface area contributed by atoms with E-state index in [-0.39, 0.29) is 0 Å². The van der Waals surface area contributed by atoms with Crippen molar-refractivity contribution in [1.29, 1.82) is 0 Å². The first kappa shape index (κ1) is 10.6. The number of rotatable bonds is 3. The van der Waals surface area contributed by atoms with Gasteiger partial charge in [-0.3, -0.25) is 0 Å². The van der Waals surface area contributed by atoms with Gasteiger partial charge in [0.1, 0.15) is 0 Å². The summed E-state index contributed by atoms with van der Waals surface area (Å²) in [5, 5.41) is 10.8. The molecule has 1 rings (SSSR count). The van der Waals surface area contributed by atoms with Gasteiger partial charge in [-0.05, 0) is 37.0 Å². The van der Waals surface area contributed by atoms with Gasteiger partial charge in [0.05, 0.1) is 0 Å². The van der Waals surface area contributed by atoms with Crippen LogP contribution in [0.4, 0.5) is 4.79 Å². The molecule has 0 saturated heterocycles. The third-order valence-electron chi connectivity index (χ3n) is 2.39. The molecule has 0 saturated carbocycles. The Kier molecular flexibility index (Phi) is 3.51. The normalized spacial score (nSPS) is 9.86. The van der Waals surface area contributed by atoms with Crippen LogP contribution >= 0.6 is 0 Å². The molecule has 0 aliphatic rings. The quantitative estimate of drug-likeness (QED) is 0.772. The van der Waals surface area contributed by atoms with Crippen LogP contribution in [0.25, 0.3) is 0 Å². The van der Waals surface area contributed by atoms with Crippen molar-refractivity contribution in [2.45, 2.75) is 20.3 Å². The number of aryl methyl sites for hydroxylation is 1. The number of nitrogens with one attached hydrogen (secondary N) is 1. The number of carbonyl (C=O) groups is 1. The van der Waals surface area contributed by atoms with Crippen molar-refractivity contribution in [2.75, 3.05) is 6.54 Å². The Labute approximate surface area is 83.8 Å². The van der Waals surface area contributed by atoms with Gasteiger partial charge in [-0.25, -0.2) is 4.79 Å². The number of amides is 1. The zero-order valence-corrected chi connectivity index (χ0v) is 8.50. The van der Waals surface area contributed by atoms with Gasteiger partial charge in [-0.15, -0.1) is 0 Å². The van der Waals surface area contributed by atoms with Gasteiger partial charge in [0, 0.05) is 6.54 Å². The highest BCUT2D eigenvalue weighted by Crippen LogP contribution is 2.12. The fraction of sp³-hybridized carbons (Fsp3) is 0.364. The van der Waals surface area contributed by atoms with Gasteiger partial charge < -0.3 is 10.4 Å². The Morgan fingerprint density at radius 2 is 2.14 bits per heavy atom. The first-order valence-corrected chi connectivity index (χ1v) is 4.63. The smallest absolute Gasteiger partial charge is 0.404 e. The van der Waals surface area contributed by atoms with Crippen LogP contribution < -0.4 is 5.32 Å². The molecule has 0 aliphatic carbocycles. The second kappa shape index (κ2) is 4.65. The first-order chi connectivity index (χ1) is 6.61. The summed E-state index contributed by atoms with van der Waals surface area (Å²) in [5.74, 6) is 0. The monoisotopic (exact) mass is 193 g/mol. The molecule has 76 valence electrons. The lowest BCUT2D eigenvalue weighted by Crippen LogP contribution is -2.23. The average molecular weight is 193 g/mol. The lowest BCUT2D eigenvalue weighted by molar-refractivity contribution is 0.194. The van der Waals surface area contributed by atoms with Gasteiger partial charge in [-0.2, -0.15) is 0 Å². The zero-order valence-electron chi connectivity index (χ0n) is 8.50. The molecule has 3 nitrogen and oxygen atoms in total. The fourth-order valence-electron chi connectivity index (χ4n) is 1.39. The highest BCUT2D eigenvalue weighted by atomic mass is 16.4. The van der Waals surface area contributed by atoms with E-state index in [0.717, 1.165) is 6.42 Å². The summed E-state index contributed by atoms with van der Waals surface area (Å²) in [4.78, 5) is 10.2. The van der Waals surface area contributed by atoms with E-state index in [1.165, 1.54) is 16.7 Å². The minimum Gasteiger partial charge on any atom is -0.465 e. The third-order valence-corrected chi connectivity index (χ3v) is 2.39. The molecule has 1 aromatic carbocycles. The van der Waals surface area contributed by atoms with Gasteiger partial charge in [-0.1, -0.05) is 18.2 Å². The summed E-state index contributed by atoms with van der Waals surface area (Å²) in [6, 6.07) is 6.09. The number of carboxylic acid groups (broad SMARTS) is 1. The maximum atomic E-state index is 10.2. The first-order valence-electron chi connectivity index (χ1n) is 4.63. The van der Waals surface area contributed by atoms with Crippen molar-refractivity contribution in [3.63, 3.8) is 0 Å². The van der Waals surface area contributed by atoms with Crippen LogP contribution in [0.15, 0.2) is 18.2 Å². The molecule has 1 aromatic rings. The SMILES string of the molecule is Cc1cccc(CCNC(=O)O)c1C. The van der Waals surface area contributed by atoms with Crippen LogP contribution in [0.1, 0.15) is 16.7 Å². The molecule has 0 radical (unpaired) electrons. The second-order valence-corrected chi connectivity index (χ2v) is 3.34. The van der Waals surface area contributed by atoms with Crippen molar-refractivity contribution in [2.24, 2.45) is 0 Å². The Bertz CT molecular complexity index is 334. The Hall–Kier alpha value is -1.51. The Balaban J connectivity index is 2.59. The maximum Gasteiger partial charge on any atom is 0.404 e. The molecule has 0 aromatic heterocycles. The molecule has 3 heteroatoms. The summed E-state index contributed by atoms with van der Waals surface area (Å²) in [5.41, 5.74) is 3.70. The maximum absolute atomic E-state index is 10.2. The van der Waals surface area contributed by atoms with Gasteiger partial charge in [0.15, 0.2) is 0 Å². The van der Waals surface area contributed by atoms with Crippen molar-refractivity contribution >= 4 is 6.09 Å². The lowest BCUT2D eigenvalue weighted by atomic mass is 10.0. The van der Waals surface area contributed by atoms with E-state index in [0.29, 0.717) is 6.54 Å². The Morgan fingerprint density at radius 3 is 2.79 bits per heavy atom. The van der Waals surface area contributed by atoms with E-state index in [1.807, 2.05) is 12.1 Å². The molecular formula is C11H15NO2. The van der Waals surface area contributed by atoms with Crippen molar-refractivity contribution in [3.05, 3.63) is 34.9 Å². The van der Waals surface area contributed by atoms with Crippen LogP contribution in [0.3, 0.4) is 0 Å². The van der Waals surface area contributed by atoms with E-state index in [9.17, 15) is 4.79 Å². The summed E-state index contributed by atoms with van der Waals surface area (Å²) in [6.45, 7) is 4.59. The highest BCUT2D eigenvalue weighted by Gasteiger charge is 2.01. The van der Waals surface area contributed by atoms with E-state index >= 15 is 0 Å². The predicted molar refractivity (Wildman–Crippen MR) is 55.6 cm³/mol. The number of hydrogen-bond donors (Lipinski definition) is 2. The van der Waals surface area contributed by atoms with E-state index in [2.05, 4.69) is 25.2 Å².